The van der Waals surface area contributed by atoms with E-state index in [0.717, 1.165) is 27.6 Å². The predicted octanol–water partition coefficient (Wildman–Crippen LogP) is 3.56. The zero-order valence-corrected chi connectivity index (χ0v) is 12.2. The van der Waals surface area contributed by atoms with Gasteiger partial charge in [-0.3, -0.25) is 5.10 Å². The van der Waals surface area contributed by atoms with Crippen molar-refractivity contribution in [3.63, 3.8) is 0 Å². The van der Waals surface area contributed by atoms with E-state index >= 15 is 0 Å². The molecule has 0 unspecified atom stereocenters. The number of benzene rings is 2. The fraction of sp³-hybridized carbons (Fsp3) is 0.111. The van der Waals surface area contributed by atoms with Crippen LogP contribution in [-0.4, -0.2) is 22.8 Å². The third-order valence-corrected chi connectivity index (χ3v) is 3.38. The lowest BCUT2D eigenvalue weighted by Gasteiger charge is -2.09. The number of aromatic nitrogens is 2. The predicted molar refractivity (Wildman–Crippen MR) is 86.2 cm³/mol. The Balaban J connectivity index is 2.10. The summed E-state index contributed by atoms with van der Waals surface area (Å²) in [5.74, 6) is -0.339. The van der Waals surface area contributed by atoms with Gasteiger partial charge in [-0.2, -0.15) is 5.10 Å². The van der Waals surface area contributed by atoms with E-state index in [2.05, 4.69) is 10.2 Å². The molecule has 4 nitrogen and oxygen atoms in total. The average Bonchev–Trinajstić information content (AvgIpc) is 3.01. The summed E-state index contributed by atoms with van der Waals surface area (Å²) in [7, 11) is 0. The smallest absolute Gasteiger partial charge is 0.331 e. The van der Waals surface area contributed by atoms with Gasteiger partial charge in [0.15, 0.2) is 0 Å². The molecule has 3 aromatic rings. The van der Waals surface area contributed by atoms with E-state index in [1.54, 1.807) is 19.2 Å². The molecule has 1 N–H and O–H groups in total. The van der Waals surface area contributed by atoms with Crippen LogP contribution in [0.15, 0.2) is 60.8 Å². The van der Waals surface area contributed by atoms with Crippen molar-refractivity contribution in [1.29, 1.82) is 0 Å². The molecule has 3 rings (SSSR count). The summed E-state index contributed by atoms with van der Waals surface area (Å²) < 4.78 is 5.05. The van der Waals surface area contributed by atoms with Crippen molar-refractivity contribution < 1.29 is 9.53 Å². The van der Waals surface area contributed by atoms with E-state index in [-0.39, 0.29) is 5.97 Å². The topological polar surface area (TPSA) is 55.0 Å². The lowest BCUT2D eigenvalue weighted by atomic mass is 9.96. The standard InChI is InChI=1S/C18H16N2O2/c1-2-22-18(21)11-16(13-6-4-3-5-7-13)14-8-9-17-15(10-14)12-19-20-17/h3-12H,2H2,1H3,(H,19,20)/b16-11+. The molecular weight excluding hydrogens is 276 g/mol. The lowest BCUT2D eigenvalue weighted by Crippen LogP contribution is -2.01. The maximum absolute atomic E-state index is 11.9. The van der Waals surface area contributed by atoms with E-state index in [9.17, 15) is 4.79 Å². The average molecular weight is 292 g/mol. The second-order valence-corrected chi connectivity index (χ2v) is 4.85. The SMILES string of the molecule is CCOC(=O)/C=C(\c1ccccc1)c1ccc2[nH]ncc2c1. The van der Waals surface area contributed by atoms with Crippen molar-refractivity contribution in [3.05, 3.63) is 71.9 Å². The van der Waals surface area contributed by atoms with Gasteiger partial charge in [0.05, 0.1) is 18.3 Å². The maximum Gasteiger partial charge on any atom is 0.331 e. The number of nitrogens with zero attached hydrogens (tertiary/aromatic N) is 1. The zero-order chi connectivity index (χ0) is 15.4. The first-order valence-electron chi connectivity index (χ1n) is 7.15. The first-order chi connectivity index (χ1) is 10.8. The molecule has 1 heterocycles. The number of carbonyl (C=O) groups excluding carboxylic acids is 1. The van der Waals surface area contributed by atoms with Crippen LogP contribution in [0.4, 0.5) is 0 Å². The third-order valence-electron chi connectivity index (χ3n) is 3.38. The molecule has 0 radical (unpaired) electrons. The van der Waals surface area contributed by atoms with Crippen LogP contribution in [0.1, 0.15) is 18.1 Å². The highest BCUT2D eigenvalue weighted by Crippen LogP contribution is 2.26. The molecule has 4 heteroatoms. The number of H-pyrrole nitrogens is 1. The Morgan fingerprint density at radius 2 is 2.00 bits per heavy atom. The van der Waals surface area contributed by atoms with Crippen molar-refractivity contribution in [3.8, 4) is 0 Å². The summed E-state index contributed by atoms with van der Waals surface area (Å²) >= 11 is 0. The van der Waals surface area contributed by atoms with E-state index in [4.69, 9.17) is 4.74 Å². The van der Waals surface area contributed by atoms with Crippen LogP contribution in [0.25, 0.3) is 16.5 Å². The molecule has 2 aromatic carbocycles. The number of hydrogen-bond acceptors (Lipinski definition) is 3. The number of rotatable bonds is 4. The van der Waals surface area contributed by atoms with Gasteiger partial charge >= 0.3 is 5.97 Å². The fourth-order valence-electron chi connectivity index (χ4n) is 2.36. The first kappa shape index (κ1) is 14.1. The Morgan fingerprint density at radius 1 is 1.18 bits per heavy atom. The van der Waals surface area contributed by atoms with E-state index in [0.29, 0.717) is 6.61 Å². The second kappa shape index (κ2) is 6.26. The molecule has 0 aliphatic rings. The first-order valence-corrected chi connectivity index (χ1v) is 7.15. The number of esters is 1. The highest BCUT2D eigenvalue weighted by atomic mass is 16.5. The second-order valence-electron chi connectivity index (χ2n) is 4.85. The Hall–Kier alpha value is -2.88. The minimum absolute atomic E-state index is 0.339. The normalized spacial score (nSPS) is 11.6. The highest BCUT2D eigenvalue weighted by molar-refractivity contribution is 5.97. The van der Waals surface area contributed by atoms with Crippen LogP contribution in [0, 0.1) is 0 Å². The summed E-state index contributed by atoms with van der Waals surface area (Å²) in [6.07, 6.45) is 3.31. The molecule has 0 fully saturated rings. The minimum atomic E-state index is -0.339. The van der Waals surface area contributed by atoms with E-state index in [1.807, 2.05) is 48.5 Å². The molecule has 0 atom stereocenters. The summed E-state index contributed by atoms with van der Waals surface area (Å²) in [4.78, 5) is 11.9. The summed E-state index contributed by atoms with van der Waals surface area (Å²) in [5, 5.41) is 7.96. The Morgan fingerprint density at radius 3 is 2.77 bits per heavy atom. The summed E-state index contributed by atoms with van der Waals surface area (Å²) in [6.45, 7) is 2.16. The molecule has 22 heavy (non-hydrogen) atoms. The number of ether oxygens (including phenoxy) is 1. The number of aromatic amines is 1. The molecule has 110 valence electrons. The van der Waals surface area contributed by atoms with Crippen molar-refractivity contribution in [2.24, 2.45) is 0 Å². The molecule has 0 amide bonds. The number of carbonyl (C=O) groups is 1. The summed E-state index contributed by atoms with van der Waals surface area (Å²) in [5.41, 5.74) is 3.72. The third kappa shape index (κ3) is 2.91. The van der Waals surface area contributed by atoms with Crippen LogP contribution in [0.5, 0.6) is 0 Å². The van der Waals surface area contributed by atoms with Crippen molar-refractivity contribution in [2.75, 3.05) is 6.61 Å². The van der Waals surface area contributed by atoms with Gasteiger partial charge in [-0.15, -0.1) is 0 Å². The van der Waals surface area contributed by atoms with Gasteiger partial charge in [0, 0.05) is 11.5 Å². The van der Waals surface area contributed by atoms with Crippen LogP contribution >= 0.6 is 0 Å². The van der Waals surface area contributed by atoms with Gasteiger partial charge < -0.3 is 4.74 Å². The van der Waals surface area contributed by atoms with Crippen molar-refractivity contribution in [1.82, 2.24) is 10.2 Å². The number of hydrogen-bond donors (Lipinski definition) is 1. The molecule has 0 saturated heterocycles. The highest BCUT2D eigenvalue weighted by Gasteiger charge is 2.09. The van der Waals surface area contributed by atoms with Gasteiger partial charge in [-0.1, -0.05) is 36.4 Å². The van der Waals surface area contributed by atoms with E-state index < -0.39 is 0 Å². The van der Waals surface area contributed by atoms with Crippen molar-refractivity contribution >= 4 is 22.4 Å². The van der Waals surface area contributed by atoms with Crippen LogP contribution in [0.3, 0.4) is 0 Å². The number of nitrogens with one attached hydrogen (secondary N) is 1. The van der Waals surface area contributed by atoms with Gasteiger partial charge in [-0.05, 0) is 35.8 Å². The molecule has 0 aliphatic heterocycles. The largest absolute Gasteiger partial charge is 0.463 e. The Labute approximate surface area is 128 Å². The fourth-order valence-corrected chi connectivity index (χ4v) is 2.36. The summed E-state index contributed by atoms with van der Waals surface area (Å²) in [6, 6.07) is 15.7. The Kier molecular flexibility index (Phi) is 4.01. The van der Waals surface area contributed by atoms with Crippen LogP contribution < -0.4 is 0 Å². The van der Waals surface area contributed by atoms with Gasteiger partial charge in [0.2, 0.25) is 0 Å². The monoisotopic (exact) mass is 292 g/mol. The van der Waals surface area contributed by atoms with Crippen molar-refractivity contribution in [2.45, 2.75) is 6.92 Å². The lowest BCUT2D eigenvalue weighted by molar-refractivity contribution is -0.137. The maximum atomic E-state index is 11.9. The van der Waals surface area contributed by atoms with E-state index in [1.165, 1.54) is 0 Å². The molecule has 0 saturated carbocycles. The van der Waals surface area contributed by atoms with Crippen LogP contribution in [-0.2, 0) is 9.53 Å². The van der Waals surface area contributed by atoms with Gasteiger partial charge in [0.1, 0.15) is 0 Å². The molecule has 0 spiro atoms. The quantitative estimate of drug-likeness (QED) is 0.591. The van der Waals surface area contributed by atoms with Gasteiger partial charge in [-0.25, -0.2) is 4.79 Å². The molecule has 0 aliphatic carbocycles. The molecular formula is C18H16N2O2. The number of fused-ring (bicyclic) bond motifs is 1. The minimum Gasteiger partial charge on any atom is -0.463 e. The zero-order valence-electron chi connectivity index (χ0n) is 12.2. The molecule has 1 aromatic heterocycles. The van der Waals surface area contributed by atoms with Gasteiger partial charge in [0.25, 0.3) is 0 Å². The van der Waals surface area contributed by atoms with Crippen LogP contribution in [0.2, 0.25) is 0 Å². The molecule has 0 bridgehead atoms. The Bertz CT molecular complexity index is 819.